The van der Waals surface area contributed by atoms with Gasteiger partial charge in [-0.3, -0.25) is 29.4 Å². The smallest absolute Gasteiger partial charge is 0.264 e. The van der Waals surface area contributed by atoms with E-state index in [-0.39, 0.29) is 30.6 Å². The maximum Gasteiger partial charge on any atom is 0.264 e. The maximum atomic E-state index is 12.9. The van der Waals surface area contributed by atoms with Gasteiger partial charge in [0.05, 0.1) is 30.9 Å². The molecule has 1 fully saturated rings. The Kier molecular flexibility index (Phi) is 6.59. The second-order valence-corrected chi connectivity index (χ2v) is 6.47. The largest absolute Gasteiger partial charge is 0.382 e. The molecule has 1 atom stereocenters. The summed E-state index contributed by atoms with van der Waals surface area (Å²) in [6.07, 6.45) is 5.27. The molecule has 0 aliphatic carbocycles. The molecule has 0 radical (unpaired) electrons. The van der Waals surface area contributed by atoms with E-state index < -0.39 is 29.7 Å². The highest BCUT2D eigenvalue weighted by Gasteiger charge is 2.45. The second-order valence-electron chi connectivity index (χ2n) is 6.47. The van der Waals surface area contributed by atoms with Crippen molar-refractivity contribution in [3.05, 3.63) is 29.3 Å². The van der Waals surface area contributed by atoms with Crippen LogP contribution in [0.4, 0.5) is 5.69 Å². The predicted molar refractivity (Wildman–Crippen MR) is 102 cm³/mol. The first-order chi connectivity index (χ1) is 14.0. The van der Waals surface area contributed by atoms with Crippen LogP contribution in [0.25, 0.3) is 0 Å². The Bertz CT molecular complexity index is 875. The van der Waals surface area contributed by atoms with E-state index in [1.54, 1.807) is 18.2 Å². The summed E-state index contributed by atoms with van der Waals surface area (Å²) in [4.78, 5) is 50.1. The lowest BCUT2D eigenvalue weighted by Crippen LogP contribution is -2.54. The summed E-state index contributed by atoms with van der Waals surface area (Å²) in [5.74, 6) is 0.232. The topological polar surface area (TPSA) is 114 Å². The van der Waals surface area contributed by atoms with Crippen LogP contribution in [-0.2, 0) is 19.1 Å². The molecule has 9 nitrogen and oxygen atoms in total. The van der Waals surface area contributed by atoms with E-state index in [9.17, 15) is 19.2 Å². The van der Waals surface area contributed by atoms with Gasteiger partial charge in [0.2, 0.25) is 11.8 Å². The van der Waals surface area contributed by atoms with Crippen molar-refractivity contribution in [2.75, 3.05) is 38.3 Å². The van der Waals surface area contributed by atoms with Crippen molar-refractivity contribution in [3.8, 4) is 12.3 Å². The molecule has 0 aromatic heterocycles. The number of hydrogen-bond donors (Lipinski definition) is 2. The SMILES string of the molecule is C#CCOCCOCCNc1cccc2c1C(=O)N(C1CCC(=O)NC1=O)C2=O. The highest BCUT2D eigenvalue weighted by molar-refractivity contribution is 6.25. The minimum atomic E-state index is -0.987. The molecule has 4 amide bonds. The van der Waals surface area contributed by atoms with E-state index >= 15 is 0 Å². The second kappa shape index (κ2) is 9.32. The van der Waals surface area contributed by atoms with Gasteiger partial charge in [-0.1, -0.05) is 12.0 Å². The Morgan fingerprint density at radius 2 is 1.93 bits per heavy atom. The van der Waals surface area contributed by atoms with Crippen LogP contribution in [0.1, 0.15) is 33.6 Å². The summed E-state index contributed by atoms with van der Waals surface area (Å²) in [5.41, 5.74) is 0.940. The summed E-state index contributed by atoms with van der Waals surface area (Å²) in [6, 6.07) is 3.91. The number of fused-ring (bicyclic) bond motifs is 1. The summed E-state index contributed by atoms with van der Waals surface area (Å²) >= 11 is 0. The molecule has 1 aromatic rings. The van der Waals surface area contributed by atoms with Gasteiger partial charge in [0.15, 0.2) is 0 Å². The lowest BCUT2D eigenvalue weighted by atomic mass is 10.0. The van der Waals surface area contributed by atoms with Gasteiger partial charge in [-0.2, -0.15) is 0 Å². The maximum absolute atomic E-state index is 12.9. The molecule has 1 saturated heterocycles. The van der Waals surface area contributed by atoms with Crippen molar-refractivity contribution < 1.29 is 28.7 Å². The average molecular weight is 399 g/mol. The average Bonchev–Trinajstić information content (AvgIpc) is 2.95. The van der Waals surface area contributed by atoms with Crippen LogP contribution in [0, 0.1) is 12.3 Å². The van der Waals surface area contributed by atoms with Crippen LogP contribution in [0.3, 0.4) is 0 Å². The lowest BCUT2D eigenvalue weighted by Gasteiger charge is -2.27. The summed E-state index contributed by atoms with van der Waals surface area (Å²) in [6.45, 7) is 1.78. The molecule has 9 heteroatoms. The summed E-state index contributed by atoms with van der Waals surface area (Å²) in [7, 11) is 0. The van der Waals surface area contributed by atoms with Gasteiger partial charge in [0, 0.05) is 18.7 Å². The van der Waals surface area contributed by atoms with Crippen LogP contribution < -0.4 is 10.6 Å². The van der Waals surface area contributed by atoms with Gasteiger partial charge in [0.1, 0.15) is 12.6 Å². The number of anilines is 1. The lowest BCUT2D eigenvalue weighted by molar-refractivity contribution is -0.136. The molecule has 152 valence electrons. The molecule has 3 rings (SSSR count). The van der Waals surface area contributed by atoms with E-state index in [1.807, 2.05) is 0 Å². The zero-order chi connectivity index (χ0) is 20.8. The van der Waals surface area contributed by atoms with Gasteiger partial charge in [0.25, 0.3) is 11.8 Å². The van der Waals surface area contributed by atoms with Crippen molar-refractivity contribution in [1.82, 2.24) is 10.2 Å². The number of benzene rings is 1. The summed E-state index contributed by atoms with van der Waals surface area (Å²) in [5, 5.41) is 5.27. The molecule has 0 saturated carbocycles. The standard InChI is InChI=1S/C20H21N3O6/c1-2-9-28-11-12-29-10-8-21-14-5-3-4-13-17(14)20(27)23(19(13)26)15-6-7-16(24)22-18(15)25/h1,3-5,15,21H,6-12H2,(H,22,24,25). The van der Waals surface area contributed by atoms with Crippen molar-refractivity contribution in [3.63, 3.8) is 0 Å². The molecular formula is C20H21N3O6. The fraction of sp³-hybridized carbons (Fsp3) is 0.400. The van der Waals surface area contributed by atoms with Gasteiger partial charge in [-0.25, -0.2) is 0 Å². The number of carbonyl (C=O) groups is 4. The number of hydrogen-bond acceptors (Lipinski definition) is 7. The zero-order valence-corrected chi connectivity index (χ0v) is 15.7. The van der Waals surface area contributed by atoms with E-state index in [1.165, 1.54) is 0 Å². The molecule has 1 aromatic carbocycles. The molecule has 29 heavy (non-hydrogen) atoms. The number of nitrogens with one attached hydrogen (secondary N) is 2. The zero-order valence-electron chi connectivity index (χ0n) is 15.7. The number of piperidine rings is 1. The number of rotatable bonds is 9. The number of carbonyl (C=O) groups excluding carboxylic acids is 4. The third-order valence-corrected chi connectivity index (χ3v) is 4.59. The summed E-state index contributed by atoms with van der Waals surface area (Å²) < 4.78 is 10.5. The van der Waals surface area contributed by atoms with E-state index in [4.69, 9.17) is 15.9 Å². The number of imide groups is 2. The third-order valence-electron chi connectivity index (χ3n) is 4.59. The van der Waals surface area contributed by atoms with Crippen molar-refractivity contribution in [2.45, 2.75) is 18.9 Å². The first kappa shape index (κ1) is 20.5. The van der Waals surface area contributed by atoms with Crippen LogP contribution >= 0.6 is 0 Å². The number of nitrogens with zero attached hydrogens (tertiary/aromatic N) is 1. The molecule has 0 bridgehead atoms. The van der Waals surface area contributed by atoms with E-state index in [0.29, 0.717) is 32.1 Å². The number of amides is 4. The monoisotopic (exact) mass is 399 g/mol. The Labute approximate surface area is 167 Å². The fourth-order valence-electron chi connectivity index (χ4n) is 3.27. The Balaban J connectivity index is 1.62. The van der Waals surface area contributed by atoms with Crippen LogP contribution in [0.5, 0.6) is 0 Å². The van der Waals surface area contributed by atoms with Crippen LogP contribution in [0.2, 0.25) is 0 Å². The molecule has 2 aliphatic rings. The Morgan fingerprint density at radius 1 is 1.14 bits per heavy atom. The first-order valence-corrected chi connectivity index (χ1v) is 9.22. The highest BCUT2D eigenvalue weighted by atomic mass is 16.5. The van der Waals surface area contributed by atoms with E-state index in [0.717, 1.165) is 4.90 Å². The van der Waals surface area contributed by atoms with Crippen molar-refractivity contribution in [2.24, 2.45) is 0 Å². The minimum absolute atomic E-state index is 0.0807. The quantitative estimate of drug-likeness (QED) is 0.346. The Hall–Kier alpha value is -3.22. The molecule has 2 N–H and O–H groups in total. The van der Waals surface area contributed by atoms with Crippen LogP contribution in [-0.4, -0.2) is 67.5 Å². The van der Waals surface area contributed by atoms with Gasteiger partial charge < -0.3 is 14.8 Å². The highest BCUT2D eigenvalue weighted by Crippen LogP contribution is 2.32. The number of terminal acetylenes is 1. The predicted octanol–water partition coefficient (Wildman–Crippen LogP) is 0.166. The third kappa shape index (κ3) is 4.45. The molecule has 2 heterocycles. The minimum Gasteiger partial charge on any atom is -0.382 e. The van der Waals surface area contributed by atoms with Crippen LogP contribution in [0.15, 0.2) is 18.2 Å². The first-order valence-electron chi connectivity index (χ1n) is 9.22. The fourth-order valence-corrected chi connectivity index (χ4v) is 3.27. The number of ether oxygens (including phenoxy) is 2. The normalized spacial score (nSPS) is 18.4. The van der Waals surface area contributed by atoms with Crippen molar-refractivity contribution >= 4 is 29.3 Å². The molecule has 0 spiro atoms. The molecule has 2 aliphatic heterocycles. The Morgan fingerprint density at radius 3 is 2.69 bits per heavy atom. The molecule has 1 unspecified atom stereocenters. The van der Waals surface area contributed by atoms with Gasteiger partial charge >= 0.3 is 0 Å². The molecular weight excluding hydrogens is 378 g/mol. The van der Waals surface area contributed by atoms with Gasteiger partial charge in [-0.05, 0) is 18.6 Å². The van der Waals surface area contributed by atoms with Crippen molar-refractivity contribution in [1.29, 1.82) is 0 Å². The van der Waals surface area contributed by atoms with Gasteiger partial charge in [-0.15, -0.1) is 6.42 Å². The van der Waals surface area contributed by atoms with E-state index in [2.05, 4.69) is 16.6 Å².